The minimum atomic E-state index is -0.648. The van der Waals surface area contributed by atoms with E-state index in [-0.39, 0.29) is 18.8 Å². The lowest BCUT2D eigenvalue weighted by atomic mass is 10.1. The highest BCUT2D eigenvalue weighted by Gasteiger charge is 2.35. The Hall–Kier alpha value is -3.81. The molecule has 0 atom stereocenters. The molecule has 3 aromatic rings. The van der Waals surface area contributed by atoms with Gasteiger partial charge in [0.15, 0.2) is 0 Å². The van der Waals surface area contributed by atoms with Crippen LogP contribution in [0.3, 0.4) is 0 Å². The van der Waals surface area contributed by atoms with E-state index in [1.165, 1.54) is 0 Å². The van der Waals surface area contributed by atoms with E-state index in [4.69, 9.17) is 27.9 Å². The van der Waals surface area contributed by atoms with Crippen LogP contribution in [-0.4, -0.2) is 29.3 Å². The number of urea groups is 1. The molecular weight excluding hydrogens is 501 g/mol. The average molecular weight is 524 g/mol. The molecule has 2 N–H and O–H groups in total. The van der Waals surface area contributed by atoms with Gasteiger partial charge >= 0.3 is 6.03 Å². The van der Waals surface area contributed by atoms with Gasteiger partial charge in [0.1, 0.15) is 24.6 Å². The summed E-state index contributed by atoms with van der Waals surface area (Å²) in [6, 6.07) is 18.9. The van der Waals surface area contributed by atoms with Gasteiger partial charge in [-0.25, -0.2) is 9.69 Å². The van der Waals surface area contributed by atoms with Crippen LogP contribution >= 0.6 is 23.2 Å². The van der Waals surface area contributed by atoms with Gasteiger partial charge in [-0.3, -0.25) is 9.59 Å². The van der Waals surface area contributed by atoms with Crippen molar-refractivity contribution in [2.75, 3.05) is 11.9 Å². The van der Waals surface area contributed by atoms with Crippen LogP contribution in [0.5, 0.6) is 5.75 Å². The number of halogens is 2. The molecule has 4 amide bonds. The number of carbonyl (C=O) groups is 3. The maximum absolute atomic E-state index is 12.8. The summed E-state index contributed by atoms with van der Waals surface area (Å²) in [5.41, 5.74) is 3.19. The topological polar surface area (TPSA) is 87.7 Å². The van der Waals surface area contributed by atoms with Gasteiger partial charge in [0, 0.05) is 21.3 Å². The van der Waals surface area contributed by atoms with Crippen molar-refractivity contribution in [3.8, 4) is 5.75 Å². The smallest absolute Gasteiger partial charge is 0.329 e. The number of nitrogens with one attached hydrogen (secondary N) is 2. The van der Waals surface area contributed by atoms with Crippen molar-refractivity contribution in [2.24, 2.45) is 0 Å². The molecule has 1 aliphatic heterocycles. The van der Waals surface area contributed by atoms with Gasteiger partial charge in [-0.15, -0.1) is 0 Å². The summed E-state index contributed by atoms with van der Waals surface area (Å²) in [6.07, 6.45) is 2.29. The molecule has 0 spiro atoms. The number of rotatable bonds is 8. The molecule has 4 rings (SSSR count). The summed E-state index contributed by atoms with van der Waals surface area (Å²) in [5.74, 6) is -0.421. The van der Waals surface area contributed by atoms with Crippen LogP contribution in [0, 0.1) is 0 Å². The standard InChI is InChI=1S/C27H23Cl2N3O4/c1-2-18-5-3-4-6-23(18)30-25(33)15-32-26(34)24(31-27(32)35)13-17-7-11-21(12-8-17)36-16-19-9-10-20(28)14-22(19)29/h3-14H,2,15-16H2,1H3,(H,30,33)(H,31,35)/b24-13+. The quantitative estimate of drug-likeness (QED) is 0.294. The minimum Gasteiger partial charge on any atom is -0.489 e. The van der Waals surface area contributed by atoms with E-state index in [1.54, 1.807) is 54.6 Å². The highest BCUT2D eigenvalue weighted by Crippen LogP contribution is 2.23. The van der Waals surface area contributed by atoms with Crippen LogP contribution in [0.2, 0.25) is 10.0 Å². The predicted molar refractivity (Wildman–Crippen MR) is 140 cm³/mol. The van der Waals surface area contributed by atoms with Crippen molar-refractivity contribution in [3.63, 3.8) is 0 Å². The molecule has 36 heavy (non-hydrogen) atoms. The van der Waals surface area contributed by atoms with Crippen LogP contribution in [0.15, 0.2) is 72.4 Å². The van der Waals surface area contributed by atoms with Crippen molar-refractivity contribution < 1.29 is 19.1 Å². The number of nitrogens with zero attached hydrogens (tertiary/aromatic N) is 1. The van der Waals surface area contributed by atoms with Gasteiger partial charge in [0.2, 0.25) is 5.91 Å². The molecule has 1 fully saturated rings. The summed E-state index contributed by atoms with van der Waals surface area (Å²) in [5, 5.41) is 6.37. The van der Waals surface area contributed by atoms with Gasteiger partial charge in [0.25, 0.3) is 5.91 Å². The normalized spacial score (nSPS) is 14.2. The second-order valence-corrected chi connectivity index (χ2v) is 8.88. The lowest BCUT2D eigenvalue weighted by Crippen LogP contribution is -2.38. The summed E-state index contributed by atoms with van der Waals surface area (Å²) < 4.78 is 5.76. The zero-order valence-electron chi connectivity index (χ0n) is 19.4. The van der Waals surface area contributed by atoms with E-state index in [1.807, 2.05) is 25.1 Å². The van der Waals surface area contributed by atoms with Gasteiger partial charge in [-0.05, 0) is 54.0 Å². The van der Waals surface area contributed by atoms with Crippen LogP contribution in [0.1, 0.15) is 23.6 Å². The summed E-state index contributed by atoms with van der Waals surface area (Å²) in [6.45, 7) is 1.86. The molecule has 0 saturated carbocycles. The first-order chi connectivity index (χ1) is 17.3. The molecule has 0 aliphatic carbocycles. The third-order valence-electron chi connectivity index (χ3n) is 5.54. The monoisotopic (exact) mass is 523 g/mol. The molecule has 9 heteroatoms. The highest BCUT2D eigenvalue weighted by atomic mass is 35.5. The third kappa shape index (κ3) is 6.05. The zero-order chi connectivity index (χ0) is 25.7. The minimum absolute atomic E-state index is 0.0865. The molecular formula is C27H23Cl2N3O4. The molecule has 0 unspecified atom stereocenters. The van der Waals surface area contributed by atoms with Crippen LogP contribution < -0.4 is 15.4 Å². The molecule has 0 radical (unpaired) electrons. The van der Waals surface area contributed by atoms with E-state index in [9.17, 15) is 14.4 Å². The Labute approximate surface area is 218 Å². The van der Waals surface area contributed by atoms with E-state index >= 15 is 0 Å². The second kappa shape index (κ2) is 11.3. The van der Waals surface area contributed by atoms with Crippen molar-refractivity contribution in [3.05, 3.63) is 99.2 Å². The van der Waals surface area contributed by atoms with Gasteiger partial charge in [-0.2, -0.15) is 0 Å². The fourth-order valence-corrected chi connectivity index (χ4v) is 4.09. The summed E-state index contributed by atoms with van der Waals surface area (Å²) in [7, 11) is 0. The van der Waals surface area contributed by atoms with Gasteiger partial charge in [0.05, 0.1) is 0 Å². The number of imide groups is 1. The number of carbonyl (C=O) groups excluding carboxylic acids is 3. The number of para-hydroxylation sites is 1. The second-order valence-electron chi connectivity index (χ2n) is 8.03. The van der Waals surface area contributed by atoms with E-state index in [0.29, 0.717) is 27.0 Å². The number of anilines is 1. The third-order valence-corrected chi connectivity index (χ3v) is 6.12. The number of hydrogen-bond donors (Lipinski definition) is 2. The van der Waals surface area contributed by atoms with Crippen LogP contribution in [0.25, 0.3) is 6.08 Å². The number of amides is 4. The first-order valence-corrected chi connectivity index (χ1v) is 12.0. The lowest BCUT2D eigenvalue weighted by molar-refractivity contribution is -0.127. The number of hydrogen-bond acceptors (Lipinski definition) is 4. The van der Waals surface area contributed by atoms with Crippen molar-refractivity contribution in [1.82, 2.24) is 10.2 Å². The summed E-state index contributed by atoms with van der Waals surface area (Å²) in [4.78, 5) is 38.5. The fraction of sp³-hybridized carbons (Fsp3) is 0.148. The van der Waals surface area contributed by atoms with Gasteiger partial charge < -0.3 is 15.4 Å². The Kier molecular flexibility index (Phi) is 7.93. The zero-order valence-corrected chi connectivity index (χ0v) is 20.9. The number of benzene rings is 3. The molecule has 7 nitrogen and oxygen atoms in total. The molecule has 184 valence electrons. The molecule has 1 saturated heterocycles. The largest absolute Gasteiger partial charge is 0.489 e. The average Bonchev–Trinajstić information content (AvgIpc) is 3.12. The van der Waals surface area contributed by atoms with E-state index < -0.39 is 17.8 Å². The van der Waals surface area contributed by atoms with E-state index in [2.05, 4.69) is 10.6 Å². The number of aryl methyl sites for hydroxylation is 1. The Morgan fingerprint density at radius 2 is 1.78 bits per heavy atom. The Morgan fingerprint density at radius 3 is 2.50 bits per heavy atom. The number of ether oxygens (including phenoxy) is 1. The van der Waals surface area contributed by atoms with Crippen molar-refractivity contribution in [2.45, 2.75) is 20.0 Å². The SMILES string of the molecule is CCc1ccccc1NC(=O)CN1C(=O)N/C(=C/c2ccc(OCc3ccc(Cl)cc3Cl)cc2)C1=O. The molecule has 0 aromatic heterocycles. The Balaban J connectivity index is 1.37. The summed E-state index contributed by atoms with van der Waals surface area (Å²) >= 11 is 12.1. The Bertz CT molecular complexity index is 1340. The maximum Gasteiger partial charge on any atom is 0.329 e. The van der Waals surface area contributed by atoms with Crippen LogP contribution in [-0.2, 0) is 22.6 Å². The fourth-order valence-electron chi connectivity index (χ4n) is 3.63. The highest BCUT2D eigenvalue weighted by molar-refractivity contribution is 6.35. The lowest BCUT2D eigenvalue weighted by Gasteiger charge is -2.13. The molecule has 1 aliphatic rings. The van der Waals surface area contributed by atoms with Crippen LogP contribution in [0.4, 0.5) is 10.5 Å². The first-order valence-electron chi connectivity index (χ1n) is 11.2. The van der Waals surface area contributed by atoms with Crippen molar-refractivity contribution >= 4 is 52.8 Å². The molecule has 1 heterocycles. The Morgan fingerprint density at radius 1 is 1.03 bits per heavy atom. The van der Waals surface area contributed by atoms with Gasteiger partial charge in [-0.1, -0.05) is 66.5 Å². The predicted octanol–water partition coefficient (Wildman–Crippen LogP) is 5.67. The van der Waals surface area contributed by atoms with Crippen molar-refractivity contribution in [1.29, 1.82) is 0 Å². The van der Waals surface area contributed by atoms with E-state index in [0.717, 1.165) is 22.4 Å². The molecule has 3 aromatic carbocycles. The molecule has 0 bridgehead atoms. The maximum atomic E-state index is 12.8. The first kappa shape index (κ1) is 25.3.